The number of benzene rings is 2. The van der Waals surface area contributed by atoms with Crippen molar-refractivity contribution in [1.82, 2.24) is 4.90 Å². The van der Waals surface area contributed by atoms with Crippen LogP contribution in [0.15, 0.2) is 64.4 Å². The minimum Gasteiger partial charge on any atom is -0.378 e. The van der Waals surface area contributed by atoms with Crippen LogP contribution >= 0.6 is 11.8 Å². The minimum atomic E-state index is 0.115. The summed E-state index contributed by atoms with van der Waals surface area (Å²) >= 11 is 1.64. The molecule has 138 valence electrons. The first-order valence-corrected chi connectivity index (χ1v) is 10.0. The molecule has 2 N–H and O–H groups in total. The molecular weight excluding hydrogens is 344 g/mol. The first kappa shape index (κ1) is 19.0. The molecule has 2 aromatic rings. The highest BCUT2D eigenvalue weighted by Gasteiger charge is 2.25. The third kappa shape index (κ3) is 5.10. The Morgan fingerprint density at radius 3 is 2.50 bits per heavy atom. The fourth-order valence-electron chi connectivity index (χ4n) is 3.08. The minimum absolute atomic E-state index is 0.115. The second-order valence-electron chi connectivity index (χ2n) is 6.42. The van der Waals surface area contributed by atoms with Gasteiger partial charge in [0, 0.05) is 29.5 Å². The Bertz CT molecular complexity index is 700. The summed E-state index contributed by atoms with van der Waals surface area (Å²) in [7, 11) is 0. The van der Waals surface area contributed by atoms with Gasteiger partial charge in [-0.1, -0.05) is 42.1 Å². The Balaban J connectivity index is 1.62. The van der Waals surface area contributed by atoms with Crippen LogP contribution in [0.25, 0.3) is 0 Å². The van der Waals surface area contributed by atoms with Gasteiger partial charge in [-0.25, -0.2) is 0 Å². The van der Waals surface area contributed by atoms with E-state index in [1.807, 2.05) is 47.4 Å². The normalized spacial score (nSPS) is 15.2. The van der Waals surface area contributed by atoms with Crippen molar-refractivity contribution in [2.24, 2.45) is 5.73 Å². The van der Waals surface area contributed by atoms with Crippen molar-refractivity contribution in [3.8, 4) is 0 Å². The maximum atomic E-state index is 13.0. The van der Waals surface area contributed by atoms with Crippen LogP contribution < -0.4 is 5.73 Å². The topological polar surface area (TPSA) is 55.6 Å². The smallest absolute Gasteiger partial charge is 0.255 e. The summed E-state index contributed by atoms with van der Waals surface area (Å²) in [5.41, 5.74) is 6.29. The average Bonchev–Trinajstić information content (AvgIpc) is 2.69. The lowest BCUT2D eigenvalue weighted by Crippen LogP contribution is -2.41. The quantitative estimate of drug-likeness (QED) is 0.753. The summed E-state index contributed by atoms with van der Waals surface area (Å²) in [4.78, 5) is 17.1. The van der Waals surface area contributed by atoms with E-state index in [1.54, 1.807) is 11.8 Å². The molecule has 4 nitrogen and oxygen atoms in total. The SMILES string of the molecule is NCCCOC1CCN(C(=O)c2ccccc2Sc2ccccc2)CC1. The standard InChI is InChI=1S/C21H26N2O2S/c22-13-6-16-25-17-11-14-23(15-12-17)21(24)19-9-4-5-10-20(19)26-18-7-2-1-3-8-18/h1-5,7-10,17H,6,11-16,22H2. The van der Waals surface area contributed by atoms with Gasteiger partial charge in [0.25, 0.3) is 5.91 Å². The van der Waals surface area contributed by atoms with Crippen molar-refractivity contribution in [3.05, 3.63) is 60.2 Å². The number of nitrogens with two attached hydrogens (primary N) is 1. The predicted octanol–water partition coefficient (Wildman–Crippen LogP) is 3.81. The molecule has 1 aliphatic rings. The van der Waals surface area contributed by atoms with Crippen LogP contribution in [0.5, 0.6) is 0 Å². The van der Waals surface area contributed by atoms with Gasteiger partial charge in [0.15, 0.2) is 0 Å². The number of ether oxygens (including phenoxy) is 1. The van der Waals surface area contributed by atoms with Gasteiger partial charge in [-0.2, -0.15) is 0 Å². The van der Waals surface area contributed by atoms with Crippen molar-refractivity contribution in [3.63, 3.8) is 0 Å². The second-order valence-corrected chi connectivity index (χ2v) is 7.53. The Kier molecular flexibility index (Phi) is 7.12. The van der Waals surface area contributed by atoms with Crippen molar-refractivity contribution in [1.29, 1.82) is 0 Å². The number of carbonyl (C=O) groups excluding carboxylic acids is 1. The number of nitrogens with zero attached hydrogens (tertiary/aromatic N) is 1. The molecule has 1 amide bonds. The largest absolute Gasteiger partial charge is 0.378 e. The van der Waals surface area contributed by atoms with Crippen LogP contribution in [0.2, 0.25) is 0 Å². The van der Waals surface area contributed by atoms with E-state index in [2.05, 4.69) is 12.1 Å². The first-order chi connectivity index (χ1) is 12.8. The van der Waals surface area contributed by atoms with Gasteiger partial charge in [-0.15, -0.1) is 0 Å². The van der Waals surface area contributed by atoms with E-state index < -0.39 is 0 Å². The molecule has 0 atom stereocenters. The van der Waals surface area contributed by atoms with Crippen molar-refractivity contribution in [2.75, 3.05) is 26.2 Å². The highest BCUT2D eigenvalue weighted by molar-refractivity contribution is 7.99. The van der Waals surface area contributed by atoms with E-state index in [1.165, 1.54) is 0 Å². The Morgan fingerprint density at radius 1 is 1.08 bits per heavy atom. The maximum Gasteiger partial charge on any atom is 0.255 e. The van der Waals surface area contributed by atoms with Crippen molar-refractivity contribution in [2.45, 2.75) is 35.2 Å². The molecule has 3 rings (SSSR count). The van der Waals surface area contributed by atoms with Crippen LogP contribution in [0.1, 0.15) is 29.6 Å². The summed E-state index contributed by atoms with van der Waals surface area (Å²) in [6.07, 6.45) is 2.93. The van der Waals surface area contributed by atoms with Crippen LogP contribution in [-0.4, -0.2) is 43.2 Å². The van der Waals surface area contributed by atoms with Gasteiger partial charge in [-0.3, -0.25) is 4.79 Å². The number of hydrogen-bond donors (Lipinski definition) is 1. The number of amides is 1. The molecule has 1 fully saturated rings. The Labute approximate surface area is 159 Å². The number of hydrogen-bond acceptors (Lipinski definition) is 4. The van der Waals surface area contributed by atoms with E-state index in [0.717, 1.165) is 47.7 Å². The van der Waals surface area contributed by atoms with Gasteiger partial charge in [-0.05, 0) is 50.1 Å². The molecule has 2 aromatic carbocycles. The Morgan fingerprint density at radius 2 is 1.77 bits per heavy atom. The predicted molar refractivity (Wildman–Crippen MR) is 106 cm³/mol. The van der Waals surface area contributed by atoms with Crippen LogP contribution in [-0.2, 0) is 4.74 Å². The summed E-state index contributed by atoms with van der Waals surface area (Å²) in [5, 5.41) is 0. The molecular formula is C21H26N2O2S. The summed E-state index contributed by atoms with van der Waals surface area (Å²) in [5.74, 6) is 0.115. The van der Waals surface area contributed by atoms with Crippen molar-refractivity contribution >= 4 is 17.7 Å². The lowest BCUT2D eigenvalue weighted by molar-refractivity contribution is 0.00835. The van der Waals surface area contributed by atoms with Gasteiger partial charge < -0.3 is 15.4 Å². The molecule has 0 radical (unpaired) electrons. The second kappa shape index (κ2) is 9.76. The zero-order valence-corrected chi connectivity index (χ0v) is 15.8. The van der Waals surface area contributed by atoms with Crippen LogP contribution in [0.4, 0.5) is 0 Å². The molecule has 0 spiro atoms. The summed E-state index contributed by atoms with van der Waals surface area (Å²) in [6, 6.07) is 18.0. The lowest BCUT2D eigenvalue weighted by Gasteiger charge is -2.32. The van der Waals surface area contributed by atoms with E-state index >= 15 is 0 Å². The van der Waals surface area contributed by atoms with E-state index in [-0.39, 0.29) is 12.0 Å². The van der Waals surface area contributed by atoms with E-state index in [4.69, 9.17) is 10.5 Å². The number of likely N-dealkylation sites (tertiary alicyclic amines) is 1. The molecule has 26 heavy (non-hydrogen) atoms. The lowest BCUT2D eigenvalue weighted by atomic mass is 10.1. The molecule has 0 saturated carbocycles. The number of carbonyl (C=O) groups is 1. The van der Waals surface area contributed by atoms with E-state index in [0.29, 0.717) is 13.2 Å². The van der Waals surface area contributed by atoms with Gasteiger partial charge in [0.1, 0.15) is 0 Å². The molecule has 1 heterocycles. The fourth-order valence-corrected chi connectivity index (χ4v) is 4.04. The first-order valence-electron chi connectivity index (χ1n) is 9.21. The third-order valence-electron chi connectivity index (χ3n) is 4.52. The molecule has 1 saturated heterocycles. The third-order valence-corrected chi connectivity index (χ3v) is 5.60. The molecule has 1 aliphatic heterocycles. The zero-order chi connectivity index (χ0) is 18.2. The number of piperidine rings is 1. The van der Waals surface area contributed by atoms with Gasteiger partial charge in [0.05, 0.1) is 11.7 Å². The zero-order valence-electron chi connectivity index (χ0n) is 15.0. The fraction of sp³-hybridized carbons (Fsp3) is 0.381. The maximum absolute atomic E-state index is 13.0. The van der Waals surface area contributed by atoms with Crippen LogP contribution in [0.3, 0.4) is 0 Å². The van der Waals surface area contributed by atoms with Crippen LogP contribution in [0, 0.1) is 0 Å². The van der Waals surface area contributed by atoms with E-state index in [9.17, 15) is 4.79 Å². The average molecular weight is 371 g/mol. The highest BCUT2D eigenvalue weighted by atomic mass is 32.2. The summed E-state index contributed by atoms with van der Waals surface area (Å²) in [6.45, 7) is 2.87. The molecule has 0 aromatic heterocycles. The molecule has 0 bridgehead atoms. The summed E-state index contributed by atoms with van der Waals surface area (Å²) < 4.78 is 5.84. The molecule has 0 unspecified atom stereocenters. The highest BCUT2D eigenvalue weighted by Crippen LogP contribution is 2.31. The van der Waals surface area contributed by atoms with Gasteiger partial charge in [0.2, 0.25) is 0 Å². The monoisotopic (exact) mass is 370 g/mol. The van der Waals surface area contributed by atoms with Crippen molar-refractivity contribution < 1.29 is 9.53 Å². The molecule has 0 aliphatic carbocycles. The van der Waals surface area contributed by atoms with Gasteiger partial charge >= 0.3 is 0 Å². The molecule has 5 heteroatoms. The number of rotatable bonds is 7. The Hall–Kier alpha value is -1.82.